The smallest absolute Gasteiger partial charge is 0.247 e. The first-order valence-corrected chi connectivity index (χ1v) is 6.54. The topological polar surface area (TPSA) is 55.1 Å². The van der Waals surface area contributed by atoms with Gasteiger partial charge in [-0.1, -0.05) is 17.7 Å². The molecule has 0 aliphatic rings. The van der Waals surface area contributed by atoms with Crippen molar-refractivity contribution in [2.24, 2.45) is 5.73 Å². The number of carbonyl (C=O) groups excluding carboxylic acids is 1. The van der Waals surface area contributed by atoms with Crippen LogP contribution in [0.3, 0.4) is 0 Å². The molecule has 0 fully saturated rings. The van der Waals surface area contributed by atoms with E-state index < -0.39 is 18.4 Å². The highest BCUT2D eigenvalue weighted by Gasteiger charge is 2.14. The number of thioether (sulfide) groups is 1. The molecule has 3 N–H and O–H groups in total. The fourth-order valence-electron chi connectivity index (χ4n) is 1.15. The van der Waals surface area contributed by atoms with E-state index in [9.17, 15) is 13.6 Å². The van der Waals surface area contributed by atoms with Crippen LogP contribution in [0, 0.1) is 0 Å². The second-order valence-electron chi connectivity index (χ2n) is 3.60. The van der Waals surface area contributed by atoms with Crippen molar-refractivity contribution in [3.8, 4) is 0 Å². The number of alkyl halides is 2. The van der Waals surface area contributed by atoms with Crippen LogP contribution in [0.25, 0.3) is 0 Å². The first-order chi connectivity index (χ1) is 8.41. The highest BCUT2D eigenvalue weighted by atomic mass is 35.5. The van der Waals surface area contributed by atoms with E-state index in [0.29, 0.717) is 15.6 Å². The average molecular weight is 295 g/mol. The lowest BCUT2D eigenvalue weighted by molar-refractivity contribution is -0.117. The lowest BCUT2D eigenvalue weighted by Gasteiger charge is -2.13. The van der Waals surface area contributed by atoms with Gasteiger partial charge in [-0.05, 0) is 19.1 Å². The van der Waals surface area contributed by atoms with Crippen molar-refractivity contribution >= 4 is 35.0 Å². The quantitative estimate of drug-likeness (QED) is 0.821. The summed E-state index contributed by atoms with van der Waals surface area (Å²) < 4.78 is 24.4. The van der Waals surface area contributed by atoms with Crippen molar-refractivity contribution in [1.29, 1.82) is 0 Å². The molecule has 0 spiro atoms. The van der Waals surface area contributed by atoms with Crippen molar-refractivity contribution < 1.29 is 13.6 Å². The summed E-state index contributed by atoms with van der Waals surface area (Å²) in [4.78, 5) is 11.9. The van der Waals surface area contributed by atoms with Crippen LogP contribution in [0.1, 0.15) is 6.92 Å². The molecule has 0 radical (unpaired) electrons. The molecule has 1 aromatic rings. The summed E-state index contributed by atoms with van der Waals surface area (Å²) in [5, 5.41) is 2.88. The molecule has 0 saturated carbocycles. The summed E-state index contributed by atoms with van der Waals surface area (Å²) in [6.07, 6.45) is -2.44. The van der Waals surface area contributed by atoms with Crippen LogP contribution in [0.5, 0.6) is 0 Å². The van der Waals surface area contributed by atoms with E-state index in [2.05, 4.69) is 5.32 Å². The molecule has 0 aliphatic carbocycles. The summed E-state index contributed by atoms with van der Waals surface area (Å²) in [5.41, 5.74) is 5.82. The maximum absolute atomic E-state index is 12.2. The minimum Gasteiger partial charge on any atom is -0.324 e. The summed E-state index contributed by atoms with van der Waals surface area (Å²) in [7, 11) is 0. The number of nitrogens with two attached hydrogens (primary N) is 1. The second kappa shape index (κ2) is 6.92. The Bertz CT molecular complexity index is 430. The Labute approximate surface area is 113 Å². The lowest BCUT2D eigenvalue weighted by atomic mass is 10.3. The van der Waals surface area contributed by atoms with Gasteiger partial charge in [-0.2, -0.15) is 0 Å². The van der Waals surface area contributed by atoms with Crippen LogP contribution in [0.2, 0.25) is 5.02 Å². The molecule has 1 rings (SSSR count). The second-order valence-corrected chi connectivity index (χ2v) is 5.03. The Hall–Kier alpha value is -0.850. The van der Waals surface area contributed by atoms with E-state index in [0.717, 1.165) is 11.8 Å². The van der Waals surface area contributed by atoms with E-state index in [4.69, 9.17) is 17.3 Å². The van der Waals surface area contributed by atoms with Crippen molar-refractivity contribution in [2.45, 2.75) is 24.3 Å². The van der Waals surface area contributed by atoms with Gasteiger partial charge in [0.2, 0.25) is 12.3 Å². The van der Waals surface area contributed by atoms with Gasteiger partial charge in [0.1, 0.15) is 0 Å². The number of hydrogen-bond donors (Lipinski definition) is 2. The Balaban J connectivity index is 2.89. The van der Waals surface area contributed by atoms with Gasteiger partial charge in [-0.15, -0.1) is 11.8 Å². The molecule has 0 heterocycles. The molecule has 0 unspecified atom stereocenters. The molecular formula is C11H13ClF2N2OS. The van der Waals surface area contributed by atoms with Crippen molar-refractivity contribution in [2.75, 3.05) is 11.1 Å². The number of carbonyl (C=O) groups is 1. The number of halogens is 3. The maximum Gasteiger partial charge on any atom is 0.247 e. The molecule has 0 aromatic heterocycles. The highest BCUT2D eigenvalue weighted by Crippen LogP contribution is 2.35. The number of anilines is 1. The number of hydrogen-bond acceptors (Lipinski definition) is 3. The van der Waals surface area contributed by atoms with Gasteiger partial charge >= 0.3 is 0 Å². The first-order valence-electron chi connectivity index (χ1n) is 5.17. The van der Waals surface area contributed by atoms with Crippen LogP contribution in [-0.4, -0.2) is 24.1 Å². The lowest BCUT2D eigenvalue weighted by Crippen LogP contribution is -2.32. The summed E-state index contributed by atoms with van der Waals surface area (Å²) >= 11 is 6.83. The first kappa shape index (κ1) is 15.2. The predicted octanol–water partition coefficient (Wildman–Crippen LogP) is 2.98. The van der Waals surface area contributed by atoms with E-state index in [1.807, 2.05) is 0 Å². The number of benzene rings is 1. The molecule has 0 saturated heterocycles. The Morgan fingerprint density at radius 1 is 1.56 bits per heavy atom. The molecule has 100 valence electrons. The fraction of sp³-hybridized carbons (Fsp3) is 0.364. The molecule has 1 amide bonds. The number of amides is 1. The Kier molecular flexibility index (Phi) is 5.84. The van der Waals surface area contributed by atoms with Crippen LogP contribution < -0.4 is 11.1 Å². The van der Waals surface area contributed by atoms with Crippen LogP contribution >= 0.6 is 23.4 Å². The monoisotopic (exact) mass is 294 g/mol. The zero-order chi connectivity index (χ0) is 13.7. The van der Waals surface area contributed by atoms with Gasteiger partial charge in [-0.3, -0.25) is 4.79 Å². The van der Waals surface area contributed by atoms with E-state index in [1.54, 1.807) is 18.2 Å². The molecule has 18 heavy (non-hydrogen) atoms. The third-order valence-electron chi connectivity index (χ3n) is 1.99. The number of rotatable bonds is 5. The third-order valence-corrected chi connectivity index (χ3v) is 3.57. The molecular weight excluding hydrogens is 282 g/mol. The van der Waals surface area contributed by atoms with Crippen molar-refractivity contribution in [3.05, 3.63) is 23.2 Å². The van der Waals surface area contributed by atoms with Gasteiger partial charge in [0.05, 0.1) is 22.5 Å². The van der Waals surface area contributed by atoms with E-state index in [-0.39, 0.29) is 5.75 Å². The SMILES string of the molecule is C[C@H](N)C(=O)Nc1cccc(Cl)c1SCC(F)F. The van der Waals surface area contributed by atoms with Gasteiger partial charge in [-0.25, -0.2) is 8.78 Å². The molecule has 7 heteroatoms. The largest absolute Gasteiger partial charge is 0.324 e. The summed E-state index contributed by atoms with van der Waals surface area (Å²) in [6, 6.07) is 4.12. The zero-order valence-electron chi connectivity index (χ0n) is 9.62. The van der Waals surface area contributed by atoms with Crippen molar-refractivity contribution in [3.63, 3.8) is 0 Å². The maximum atomic E-state index is 12.2. The zero-order valence-corrected chi connectivity index (χ0v) is 11.2. The fourth-order valence-corrected chi connectivity index (χ4v) is 2.26. The molecule has 1 aromatic carbocycles. The highest BCUT2D eigenvalue weighted by molar-refractivity contribution is 7.99. The minimum absolute atomic E-state index is 0.322. The van der Waals surface area contributed by atoms with Gasteiger partial charge in [0.15, 0.2) is 0 Å². The molecule has 3 nitrogen and oxygen atoms in total. The summed E-state index contributed by atoms with van der Waals surface area (Å²) in [6.45, 7) is 1.53. The predicted molar refractivity (Wildman–Crippen MR) is 70.5 cm³/mol. The summed E-state index contributed by atoms with van der Waals surface area (Å²) in [5.74, 6) is -0.777. The molecule has 0 bridgehead atoms. The van der Waals surface area contributed by atoms with Crippen LogP contribution in [0.4, 0.5) is 14.5 Å². The third kappa shape index (κ3) is 4.44. The standard InChI is InChI=1S/C11H13ClF2N2OS/c1-6(15)11(17)16-8-4-2-3-7(12)10(8)18-5-9(13)14/h2-4,6,9H,5,15H2,1H3,(H,16,17)/t6-/m0/s1. The Morgan fingerprint density at radius 3 is 2.78 bits per heavy atom. The normalized spacial score (nSPS) is 12.6. The molecule has 0 aliphatic heterocycles. The van der Waals surface area contributed by atoms with Gasteiger partial charge < -0.3 is 11.1 Å². The van der Waals surface area contributed by atoms with E-state index in [1.165, 1.54) is 6.92 Å². The van der Waals surface area contributed by atoms with E-state index >= 15 is 0 Å². The van der Waals surface area contributed by atoms with Crippen molar-refractivity contribution in [1.82, 2.24) is 0 Å². The average Bonchev–Trinajstić information content (AvgIpc) is 2.27. The van der Waals surface area contributed by atoms with Crippen LogP contribution in [0.15, 0.2) is 23.1 Å². The Morgan fingerprint density at radius 2 is 2.22 bits per heavy atom. The van der Waals surface area contributed by atoms with Crippen LogP contribution in [-0.2, 0) is 4.79 Å². The number of nitrogens with one attached hydrogen (secondary N) is 1. The molecule has 1 atom stereocenters. The van der Waals surface area contributed by atoms with Gasteiger partial charge in [0, 0.05) is 4.90 Å². The minimum atomic E-state index is -2.44. The van der Waals surface area contributed by atoms with Gasteiger partial charge in [0.25, 0.3) is 0 Å².